The van der Waals surface area contributed by atoms with Crippen LogP contribution in [0.2, 0.25) is 0 Å². The number of hydrogen-bond acceptors (Lipinski definition) is 3. The zero-order chi connectivity index (χ0) is 11.2. The van der Waals surface area contributed by atoms with E-state index in [1.807, 2.05) is 42.5 Å². The summed E-state index contributed by atoms with van der Waals surface area (Å²) in [4.78, 5) is 0.812. The van der Waals surface area contributed by atoms with E-state index in [4.69, 9.17) is 9.47 Å². The maximum atomic E-state index is 12.0. The molecule has 3 nitrogen and oxygen atoms in total. The SMILES string of the molecule is O=S(CC1OCC=CCO1)c1ccccc1. The fourth-order valence-corrected chi connectivity index (χ4v) is 2.49. The van der Waals surface area contributed by atoms with Crippen molar-refractivity contribution in [3.8, 4) is 0 Å². The second-order valence-electron chi connectivity index (χ2n) is 3.39. The molecule has 0 bridgehead atoms. The van der Waals surface area contributed by atoms with Crippen molar-refractivity contribution in [2.24, 2.45) is 0 Å². The van der Waals surface area contributed by atoms with Gasteiger partial charge in [0.15, 0.2) is 6.29 Å². The van der Waals surface area contributed by atoms with Crippen LogP contribution in [0, 0.1) is 0 Å². The van der Waals surface area contributed by atoms with Crippen molar-refractivity contribution in [1.82, 2.24) is 0 Å². The number of benzene rings is 1. The molecule has 0 spiro atoms. The number of hydrogen-bond donors (Lipinski definition) is 0. The number of ether oxygens (including phenoxy) is 2. The highest BCUT2D eigenvalue weighted by Gasteiger charge is 2.15. The Kier molecular flexibility index (Phi) is 4.27. The van der Waals surface area contributed by atoms with Crippen LogP contribution in [0.3, 0.4) is 0 Å². The Balaban J connectivity index is 1.92. The van der Waals surface area contributed by atoms with Crippen molar-refractivity contribution in [2.75, 3.05) is 19.0 Å². The molecule has 0 amide bonds. The van der Waals surface area contributed by atoms with Crippen LogP contribution in [0.1, 0.15) is 0 Å². The lowest BCUT2D eigenvalue weighted by Gasteiger charge is -2.14. The second kappa shape index (κ2) is 5.94. The molecule has 0 saturated carbocycles. The summed E-state index contributed by atoms with van der Waals surface area (Å²) in [5.41, 5.74) is 0. The van der Waals surface area contributed by atoms with Crippen LogP contribution < -0.4 is 0 Å². The van der Waals surface area contributed by atoms with E-state index < -0.39 is 10.8 Å². The van der Waals surface area contributed by atoms with Gasteiger partial charge >= 0.3 is 0 Å². The van der Waals surface area contributed by atoms with Crippen molar-refractivity contribution in [2.45, 2.75) is 11.2 Å². The van der Waals surface area contributed by atoms with Gasteiger partial charge in [-0.2, -0.15) is 0 Å². The molecule has 0 radical (unpaired) electrons. The highest BCUT2D eigenvalue weighted by Crippen LogP contribution is 2.10. The Bertz CT molecular complexity index is 365. The van der Waals surface area contributed by atoms with Gasteiger partial charge in [0, 0.05) is 4.90 Å². The summed E-state index contributed by atoms with van der Waals surface area (Å²) in [6.07, 6.45) is 3.44. The predicted octanol–water partition coefficient (Wildman–Crippen LogP) is 1.72. The highest BCUT2D eigenvalue weighted by atomic mass is 32.2. The monoisotopic (exact) mass is 238 g/mol. The van der Waals surface area contributed by atoms with E-state index in [1.165, 1.54) is 0 Å². The lowest BCUT2D eigenvalue weighted by molar-refractivity contribution is -0.105. The van der Waals surface area contributed by atoms with E-state index in [2.05, 4.69) is 0 Å². The Hall–Kier alpha value is -0.970. The molecule has 1 aliphatic rings. The molecule has 0 N–H and O–H groups in total. The Morgan fingerprint density at radius 3 is 2.38 bits per heavy atom. The predicted molar refractivity (Wildman–Crippen MR) is 62.5 cm³/mol. The zero-order valence-electron chi connectivity index (χ0n) is 8.87. The van der Waals surface area contributed by atoms with Gasteiger partial charge in [-0.25, -0.2) is 0 Å². The molecule has 1 heterocycles. The van der Waals surface area contributed by atoms with Gasteiger partial charge in [0.25, 0.3) is 0 Å². The fraction of sp³-hybridized carbons (Fsp3) is 0.333. The van der Waals surface area contributed by atoms with Gasteiger partial charge in [-0.3, -0.25) is 4.21 Å². The van der Waals surface area contributed by atoms with Crippen molar-refractivity contribution < 1.29 is 13.7 Å². The molecular weight excluding hydrogens is 224 g/mol. The summed E-state index contributed by atoms with van der Waals surface area (Å²) < 4.78 is 22.7. The first-order valence-corrected chi connectivity index (χ1v) is 6.50. The largest absolute Gasteiger partial charge is 0.348 e. The van der Waals surface area contributed by atoms with Crippen molar-refractivity contribution in [3.05, 3.63) is 42.5 Å². The first kappa shape index (κ1) is 11.5. The van der Waals surface area contributed by atoms with Crippen LogP contribution in [0.5, 0.6) is 0 Å². The van der Waals surface area contributed by atoms with E-state index in [0.717, 1.165) is 4.90 Å². The first-order chi connectivity index (χ1) is 7.86. The van der Waals surface area contributed by atoms with E-state index in [1.54, 1.807) is 0 Å². The molecule has 2 rings (SSSR count). The van der Waals surface area contributed by atoms with E-state index in [0.29, 0.717) is 19.0 Å². The summed E-state index contributed by atoms with van der Waals surface area (Å²) in [5.74, 6) is 0.381. The third kappa shape index (κ3) is 3.27. The minimum absolute atomic E-state index is 0.379. The minimum Gasteiger partial charge on any atom is -0.348 e. The highest BCUT2D eigenvalue weighted by molar-refractivity contribution is 7.85. The third-order valence-electron chi connectivity index (χ3n) is 2.22. The summed E-state index contributed by atoms with van der Waals surface area (Å²) in [6, 6.07) is 9.37. The normalized spacial score (nSPS) is 19.2. The third-order valence-corrected chi connectivity index (χ3v) is 3.59. The molecule has 0 aliphatic carbocycles. The van der Waals surface area contributed by atoms with E-state index in [9.17, 15) is 4.21 Å². The van der Waals surface area contributed by atoms with Gasteiger partial charge in [-0.05, 0) is 12.1 Å². The maximum absolute atomic E-state index is 12.0. The summed E-state index contributed by atoms with van der Waals surface area (Å²) >= 11 is 0. The summed E-state index contributed by atoms with van der Waals surface area (Å²) in [6.45, 7) is 1.05. The average Bonchev–Trinajstić information content (AvgIpc) is 2.59. The molecule has 0 fully saturated rings. The second-order valence-corrected chi connectivity index (χ2v) is 4.89. The van der Waals surface area contributed by atoms with Gasteiger partial charge in [-0.1, -0.05) is 30.4 Å². The van der Waals surface area contributed by atoms with Crippen LogP contribution >= 0.6 is 0 Å². The molecule has 4 heteroatoms. The topological polar surface area (TPSA) is 35.5 Å². The maximum Gasteiger partial charge on any atom is 0.170 e. The standard InChI is InChI=1S/C12H14O3S/c13-16(11-6-2-1-3-7-11)10-12-14-8-4-5-9-15-12/h1-7,12H,8-10H2. The summed E-state index contributed by atoms with van der Waals surface area (Å²) in [7, 11) is -1.07. The van der Waals surface area contributed by atoms with E-state index >= 15 is 0 Å². The van der Waals surface area contributed by atoms with Gasteiger partial charge in [0.2, 0.25) is 0 Å². The first-order valence-electron chi connectivity index (χ1n) is 5.18. The van der Waals surface area contributed by atoms with Crippen LogP contribution in [-0.4, -0.2) is 29.5 Å². The van der Waals surface area contributed by atoms with Crippen LogP contribution in [0.25, 0.3) is 0 Å². The van der Waals surface area contributed by atoms with Crippen molar-refractivity contribution in [3.63, 3.8) is 0 Å². The molecule has 16 heavy (non-hydrogen) atoms. The Morgan fingerprint density at radius 2 is 1.75 bits per heavy atom. The summed E-state index contributed by atoms with van der Waals surface area (Å²) in [5, 5.41) is 0. The van der Waals surface area contributed by atoms with Crippen molar-refractivity contribution in [1.29, 1.82) is 0 Å². The molecule has 1 unspecified atom stereocenters. The smallest absolute Gasteiger partial charge is 0.170 e. The van der Waals surface area contributed by atoms with Gasteiger partial charge in [-0.15, -0.1) is 0 Å². The van der Waals surface area contributed by atoms with E-state index in [-0.39, 0.29) is 6.29 Å². The molecule has 0 aromatic heterocycles. The molecule has 0 saturated heterocycles. The number of rotatable bonds is 3. The van der Waals surface area contributed by atoms with Crippen LogP contribution in [0.4, 0.5) is 0 Å². The van der Waals surface area contributed by atoms with Crippen molar-refractivity contribution >= 4 is 10.8 Å². The van der Waals surface area contributed by atoms with Crippen LogP contribution in [0.15, 0.2) is 47.4 Å². The van der Waals surface area contributed by atoms with Crippen LogP contribution in [-0.2, 0) is 20.3 Å². The molecule has 1 atom stereocenters. The Morgan fingerprint density at radius 1 is 1.12 bits per heavy atom. The lowest BCUT2D eigenvalue weighted by atomic mass is 10.4. The fourth-order valence-electron chi connectivity index (χ4n) is 1.40. The quantitative estimate of drug-likeness (QED) is 0.752. The minimum atomic E-state index is -1.07. The molecule has 86 valence electrons. The molecule has 1 aliphatic heterocycles. The molecular formula is C12H14O3S. The van der Waals surface area contributed by atoms with Gasteiger partial charge in [0.05, 0.1) is 29.8 Å². The van der Waals surface area contributed by atoms with Gasteiger partial charge in [0.1, 0.15) is 0 Å². The molecule has 1 aromatic carbocycles. The average molecular weight is 238 g/mol. The molecule has 1 aromatic rings. The zero-order valence-corrected chi connectivity index (χ0v) is 9.69. The lowest BCUT2D eigenvalue weighted by Crippen LogP contribution is -2.23. The Labute approximate surface area is 97.5 Å². The van der Waals surface area contributed by atoms with Gasteiger partial charge < -0.3 is 9.47 Å².